The smallest absolute Gasteiger partial charge is 0.343 e. The Kier molecular flexibility index (Phi) is 6.85. The summed E-state index contributed by atoms with van der Waals surface area (Å²) in [6, 6.07) is 16.8. The number of para-hydroxylation sites is 1. The van der Waals surface area contributed by atoms with E-state index in [0.29, 0.717) is 17.4 Å². The minimum absolute atomic E-state index is 0.177. The first-order valence-electron chi connectivity index (χ1n) is 9.82. The average molecular weight is 407 g/mol. The molecular weight excluding hydrogens is 382 g/mol. The van der Waals surface area contributed by atoms with E-state index in [-0.39, 0.29) is 24.6 Å². The van der Waals surface area contributed by atoms with Crippen molar-refractivity contribution in [2.75, 3.05) is 18.5 Å². The Labute approximate surface area is 175 Å². The zero-order valence-corrected chi connectivity index (χ0v) is 17.3. The van der Waals surface area contributed by atoms with Gasteiger partial charge in [-0.05, 0) is 42.7 Å². The number of carbonyl (C=O) groups excluding carboxylic acids is 2. The number of benzene rings is 2. The molecule has 0 saturated carbocycles. The second-order valence-corrected chi connectivity index (χ2v) is 6.94. The van der Waals surface area contributed by atoms with Crippen LogP contribution in [0.5, 0.6) is 5.75 Å². The number of ether oxygens (including phenoxy) is 2. The number of rotatable bonds is 8. The summed E-state index contributed by atoms with van der Waals surface area (Å²) >= 11 is 0. The molecule has 0 radical (unpaired) electrons. The van der Waals surface area contributed by atoms with Gasteiger partial charge in [-0.2, -0.15) is 5.10 Å². The molecule has 0 atom stereocenters. The Bertz CT molecular complexity index is 1010. The molecule has 3 rings (SSSR count). The van der Waals surface area contributed by atoms with Gasteiger partial charge < -0.3 is 14.8 Å². The number of hydrogen-bond donors (Lipinski definition) is 1. The lowest BCUT2D eigenvalue weighted by atomic mass is 10.0. The van der Waals surface area contributed by atoms with Crippen LogP contribution in [0.3, 0.4) is 0 Å². The van der Waals surface area contributed by atoms with E-state index in [0.717, 1.165) is 5.56 Å². The fraction of sp³-hybridized carbons (Fsp3) is 0.261. The van der Waals surface area contributed by atoms with Gasteiger partial charge in [0.15, 0.2) is 12.4 Å². The number of anilines is 1. The molecule has 0 aliphatic rings. The summed E-state index contributed by atoms with van der Waals surface area (Å²) in [6.45, 7) is 5.92. The first-order chi connectivity index (χ1) is 14.5. The zero-order chi connectivity index (χ0) is 21.5. The molecule has 1 aromatic heterocycles. The van der Waals surface area contributed by atoms with E-state index in [1.165, 1.54) is 10.9 Å². The monoisotopic (exact) mass is 407 g/mol. The molecule has 1 heterocycles. The summed E-state index contributed by atoms with van der Waals surface area (Å²) < 4.78 is 12.2. The second kappa shape index (κ2) is 9.73. The summed E-state index contributed by atoms with van der Waals surface area (Å²) in [5.74, 6) is 0.242. The minimum Gasteiger partial charge on any atom is -0.484 e. The van der Waals surface area contributed by atoms with Crippen molar-refractivity contribution in [2.45, 2.75) is 26.7 Å². The third kappa shape index (κ3) is 5.05. The number of carbonyl (C=O) groups is 2. The maximum absolute atomic E-state index is 12.6. The fourth-order valence-electron chi connectivity index (χ4n) is 2.87. The summed E-state index contributed by atoms with van der Waals surface area (Å²) in [5.41, 5.74) is 2.00. The molecule has 1 N–H and O–H groups in total. The van der Waals surface area contributed by atoms with Gasteiger partial charge in [-0.25, -0.2) is 9.48 Å². The third-order valence-electron chi connectivity index (χ3n) is 4.42. The van der Waals surface area contributed by atoms with E-state index in [1.54, 1.807) is 13.0 Å². The van der Waals surface area contributed by atoms with E-state index in [9.17, 15) is 9.59 Å². The van der Waals surface area contributed by atoms with Crippen LogP contribution in [0, 0.1) is 0 Å². The van der Waals surface area contributed by atoms with E-state index >= 15 is 0 Å². The second-order valence-electron chi connectivity index (χ2n) is 6.94. The lowest BCUT2D eigenvalue weighted by Gasteiger charge is -2.12. The van der Waals surface area contributed by atoms with Crippen molar-refractivity contribution in [3.63, 3.8) is 0 Å². The van der Waals surface area contributed by atoms with Gasteiger partial charge in [0.05, 0.1) is 18.5 Å². The molecule has 156 valence electrons. The zero-order valence-electron chi connectivity index (χ0n) is 17.3. The molecule has 7 nitrogen and oxygen atoms in total. The molecule has 0 bridgehead atoms. The van der Waals surface area contributed by atoms with Gasteiger partial charge in [0.1, 0.15) is 11.3 Å². The van der Waals surface area contributed by atoms with E-state index in [1.807, 2.05) is 48.5 Å². The van der Waals surface area contributed by atoms with Crippen LogP contribution in [0.2, 0.25) is 0 Å². The van der Waals surface area contributed by atoms with Gasteiger partial charge in [0, 0.05) is 0 Å². The van der Waals surface area contributed by atoms with Crippen LogP contribution in [0.4, 0.5) is 5.82 Å². The number of nitrogens with one attached hydrogen (secondary N) is 1. The molecule has 0 aliphatic heterocycles. The van der Waals surface area contributed by atoms with Crippen molar-refractivity contribution in [3.05, 3.63) is 71.9 Å². The number of aromatic nitrogens is 2. The molecule has 0 aliphatic carbocycles. The molecule has 7 heteroatoms. The highest BCUT2D eigenvalue weighted by Crippen LogP contribution is 2.22. The molecule has 0 unspecified atom stereocenters. The van der Waals surface area contributed by atoms with Crippen LogP contribution in [0.25, 0.3) is 5.69 Å². The van der Waals surface area contributed by atoms with E-state index < -0.39 is 11.9 Å². The van der Waals surface area contributed by atoms with Gasteiger partial charge in [0.25, 0.3) is 5.91 Å². The Morgan fingerprint density at radius 2 is 1.87 bits per heavy atom. The highest BCUT2D eigenvalue weighted by Gasteiger charge is 2.21. The van der Waals surface area contributed by atoms with Crippen molar-refractivity contribution < 1.29 is 19.1 Å². The number of esters is 1. The maximum Gasteiger partial charge on any atom is 0.343 e. The normalized spacial score (nSPS) is 10.7. The lowest BCUT2D eigenvalue weighted by Crippen LogP contribution is -2.23. The Morgan fingerprint density at radius 3 is 2.57 bits per heavy atom. The summed E-state index contributed by atoms with van der Waals surface area (Å²) in [7, 11) is 0. The highest BCUT2D eigenvalue weighted by molar-refractivity contribution is 6.00. The third-order valence-corrected chi connectivity index (χ3v) is 4.42. The van der Waals surface area contributed by atoms with E-state index in [2.05, 4.69) is 24.3 Å². The van der Waals surface area contributed by atoms with Crippen molar-refractivity contribution in [1.29, 1.82) is 0 Å². The lowest BCUT2D eigenvalue weighted by molar-refractivity contribution is -0.118. The predicted octanol–water partition coefficient (Wildman–Crippen LogP) is 4.19. The molecule has 0 spiro atoms. The number of amides is 1. The van der Waals surface area contributed by atoms with E-state index in [4.69, 9.17) is 9.47 Å². The minimum atomic E-state index is -0.555. The van der Waals surface area contributed by atoms with Crippen LogP contribution >= 0.6 is 0 Å². The molecule has 2 aromatic carbocycles. The van der Waals surface area contributed by atoms with Crippen LogP contribution in [0.1, 0.15) is 42.6 Å². The first-order valence-corrected chi connectivity index (χ1v) is 9.82. The Balaban J connectivity index is 1.78. The molecule has 1 amide bonds. The fourth-order valence-corrected chi connectivity index (χ4v) is 2.87. The molecule has 0 fully saturated rings. The Hall–Kier alpha value is -3.61. The summed E-state index contributed by atoms with van der Waals surface area (Å²) in [4.78, 5) is 24.9. The number of nitrogens with zero attached hydrogens (tertiary/aromatic N) is 2. The van der Waals surface area contributed by atoms with Crippen molar-refractivity contribution in [1.82, 2.24) is 9.78 Å². The predicted molar refractivity (Wildman–Crippen MR) is 114 cm³/mol. The van der Waals surface area contributed by atoms with Crippen LogP contribution in [-0.2, 0) is 9.53 Å². The quantitative estimate of drug-likeness (QED) is 0.566. The van der Waals surface area contributed by atoms with Gasteiger partial charge in [-0.1, -0.05) is 44.2 Å². The van der Waals surface area contributed by atoms with Gasteiger partial charge in [0.2, 0.25) is 0 Å². The van der Waals surface area contributed by atoms with Crippen molar-refractivity contribution in [3.8, 4) is 11.4 Å². The van der Waals surface area contributed by atoms with Gasteiger partial charge in [-0.15, -0.1) is 0 Å². The van der Waals surface area contributed by atoms with Crippen LogP contribution < -0.4 is 10.1 Å². The van der Waals surface area contributed by atoms with Gasteiger partial charge in [-0.3, -0.25) is 4.79 Å². The standard InChI is InChI=1S/C23H25N3O4/c1-4-29-23(28)20-14-24-26(18-10-6-5-7-11-18)22(20)25-21(27)15-30-19-12-8-9-17(13-19)16(2)3/h5-14,16H,4,15H2,1-3H3,(H,25,27). The first kappa shape index (κ1) is 21.1. The van der Waals surface area contributed by atoms with Crippen molar-refractivity contribution in [2.24, 2.45) is 0 Å². The SMILES string of the molecule is CCOC(=O)c1cnn(-c2ccccc2)c1NC(=O)COc1cccc(C(C)C)c1. The largest absolute Gasteiger partial charge is 0.484 e. The van der Waals surface area contributed by atoms with Crippen molar-refractivity contribution >= 4 is 17.7 Å². The highest BCUT2D eigenvalue weighted by atomic mass is 16.5. The van der Waals surface area contributed by atoms with Crippen LogP contribution in [0.15, 0.2) is 60.8 Å². The summed E-state index contributed by atoms with van der Waals surface area (Å²) in [5, 5.41) is 6.99. The average Bonchev–Trinajstić information content (AvgIpc) is 3.16. The maximum atomic E-state index is 12.6. The number of hydrogen-bond acceptors (Lipinski definition) is 5. The topological polar surface area (TPSA) is 82.5 Å². The molecule has 0 saturated heterocycles. The molecular formula is C23H25N3O4. The van der Waals surface area contributed by atoms with Crippen LogP contribution in [-0.4, -0.2) is 34.9 Å². The summed E-state index contributed by atoms with van der Waals surface area (Å²) in [6.07, 6.45) is 1.38. The molecule has 30 heavy (non-hydrogen) atoms. The van der Waals surface area contributed by atoms with Gasteiger partial charge >= 0.3 is 5.97 Å². The molecule has 3 aromatic rings. The Morgan fingerprint density at radius 1 is 1.10 bits per heavy atom.